The molecule has 4 atom stereocenters. The molecule has 0 aliphatic carbocycles. The number of nitrogens with one attached hydrogen (secondary N) is 1. The highest BCUT2D eigenvalue weighted by Crippen LogP contribution is 2.32. The zero-order valence-electron chi connectivity index (χ0n) is 14.3. The fourth-order valence-electron chi connectivity index (χ4n) is 3.13. The number of aromatic nitrogens is 4. The molecule has 1 aromatic carbocycles. The minimum atomic E-state index is -1.24. The van der Waals surface area contributed by atoms with Crippen LogP contribution in [0.5, 0.6) is 0 Å². The van der Waals surface area contributed by atoms with Crippen LogP contribution in [0.3, 0.4) is 0 Å². The number of anilines is 2. The number of nitrogen functional groups attached to an aromatic ring is 1. The fourth-order valence-corrected chi connectivity index (χ4v) is 3.13. The molecule has 0 bridgehead atoms. The quantitative estimate of drug-likeness (QED) is 0.404. The Morgan fingerprint density at radius 3 is 2.63 bits per heavy atom. The highest BCUT2D eigenvalue weighted by Gasteiger charge is 2.44. The molecule has 4 rings (SSSR count). The molecule has 0 saturated carbocycles. The second kappa shape index (κ2) is 7.08. The van der Waals surface area contributed by atoms with Crippen LogP contribution in [0.25, 0.3) is 11.2 Å². The average molecular weight is 372 g/mol. The Kier molecular flexibility index (Phi) is 4.62. The van der Waals surface area contributed by atoms with Crippen LogP contribution < -0.4 is 11.1 Å². The van der Waals surface area contributed by atoms with Crippen molar-refractivity contribution < 1.29 is 20.1 Å². The summed E-state index contributed by atoms with van der Waals surface area (Å²) in [4.78, 5) is 12.7. The minimum Gasteiger partial charge on any atom is -0.394 e. The first-order valence-electron chi connectivity index (χ1n) is 8.48. The third-order valence-corrected chi connectivity index (χ3v) is 4.53. The van der Waals surface area contributed by atoms with Crippen LogP contribution in [0.1, 0.15) is 11.8 Å². The van der Waals surface area contributed by atoms with Crippen molar-refractivity contribution in [2.45, 2.75) is 31.1 Å². The van der Waals surface area contributed by atoms with Gasteiger partial charge >= 0.3 is 0 Å². The summed E-state index contributed by atoms with van der Waals surface area (Å²) in [7, 11) is 0. The van der Waals surface area contributed by atoms with Crippen molar-refractivity contribution in [1.29, 1.82) is 0 Å². The van der Waals surface area contributed by atoms with Crippen molar-refractivity contribution in [1.82, 2.24) is 19.5 Å². The van der Waals surface area contributed by atoms with Crippen LogP contribution in [-0.2, 0) is 11.3 Å². The molecule has 27 heavy (non-hydrogen) atoms. The lowest BCUT2D eigenvalue weighted by atomic mass is 10.1. The maximum Gasteiger partial charge on any atom is 0.224 e. The Morgan fingerprint density at radius 1 is 1.15 bits per heavy atom. The van der Waals surface area contributed by atoms with Gasteiger partial charge in [-0.15, -0.1) is 0 Å². The van der Waals surface area contributed by atoms with E-state index in [9.17, 15) is 15.3 Å². The summed E-state index contributed by atoms with van der Waals surface area (Å²) < 4.78 is 7.02. The fraction of sp³-hybridized carbons (Fsp3) is 0.353. The average Bonchev–Trinajstić information content (AvgIpc) is 3.22. The Balaban J connectivity index is 1.66. The van der Waals surface area contributed by atoms with Crippen LogP contribution in [-0.4, -0.2) is 59.8 Å². The van der Waals surface area contributed by atoms with Crippen LogP contribution in [0.4, 0.5) is 11.8 Å². The molecule has 2 aromatic heterocycles. The lowest BCUT2D eigenvalue weighted by molar-refractivity contribution is -0.0511. The molecule has 142 valence electrons. The monoisotopic (exact) mass is 372 g/mol. The number of hydrogen-bond donors (Lipinski definition) is 5. The second-order valence-electron chi connectivity index (χ2n) is 6.32. The van der Waals surface area contributed by atoms with E-state index in [1.165, 1.54) is 10.9 Å². The Bertz CT molecular complexity index is 934. The molecule has 10 heteroatoms. The number of hydrogen-bond acceptors (Lipinski definition) is 9. The minimum absolute atomic E-state index is 0.0338. The number of aliphatic hydroxyl groups excluding tert-OH is 3. The SMILES string of the molecule is Nc1nc(NCc2ccccc2)c2ncn(C3O[C@H](CO)[C@@H](O)[C@H]3O)c2n1. The van der Waals surface area contributed by atoms with Gasteiger partial charge in [0, 0.05) is 6.54 Å². The predicted octanol–water partition coefficient (Wildman–Crippen LogP) is -0.368. The summed E-state index contributed by atoms with van der Waals surface area (Å²) in [5.41, 5.74) is 7.71. The molecule has 0 radical (unpaired) electrons. The number of nitrogens with two attached hydrogens (primary N) is 1. The Labute approximate surface area is 154 Å². The molecule has 0 spiro atoms. The number of imidazole rings is 1. The van der Waals surface area contributed by atoms with Crippen molar-refractivity contribution in [3.05, 3.63) is 42.2 Å². The number of benzene rings is 1. The molecule has 0 amide bonds. The van der Waals surface area contributed by atoms with Gasteiger partial charge in [0.05, 0.1) is 12.9 Å². The topological polar surface area (TPSA) is 152 Å². The molecule has 1 aliphatic heterocycles. The van der Waals surface area contributed by atoms with Crippen LogP contribution in [0, 0.1) is 0 Å². The lowest BCUT2D eigenvalue weighted by Crippen LogP contribution is -2.33. The van der Waals surface area contributed by atoms with E-state index in [0.717, 1.165) is 5.56 Å². The molecule has 1 unspecified atom stereocenters. The molecule has 3 aromatic rings. The molecule has 6 N–H and O–H groups in total. The van der Waals surface area contributed by atoms with E-state index in [4.69, 9.17) is 10.5 Å². The first-order valence-corrected chi connectivity index (χ1v) is 8.48. The summed E-state index contributed by atoms with van der Waals surface area (Å²) in [6.45, 7) is 0.107. The third-order valence-electron chi connectivity index (χ3n) is 4.53. The first-order chi connectivity index (χ1) is 13.1. The van der Waals surface area contributed by atoms with E-state index < -0.39 is 31.1 Å². The van der Waals surface area contributed by atoms with Crippen molar-refractivity contribution in [3.63, 3.8) is 0 Å². The normalized spacial score (nSPS) is 25.1. The number of ether oxygens (including phenoxy) is 1. The van der Waals surface area contributed by atoms with Crippen molar-refractivity contribution in [2.24, 2.45) is 0 Å². The van der Waals surface area contributed by atoms with Gasteiger partial charge in [0.15, 0.2) is 23.2 Å². The van der Waals surface area contributed by atoms with Gasteiger partial charge in [0.1, 0.15) is 18.3 Å². The zero-order valence-corrected chi connectivity index (χ0v) is 14.3. The Morgan fingerprint density at radius 2 is 1.93 bits per heavy atom. The largest absolute Gasteiger partial charge is 0.394 e. The maximum atomic E-state index is 10.3. The van der Waals surface area contributed by atoms with E-state index in [2.05, 4.69) is 20.3 Å². The van der Waals surface area contributed by atoms with Crippen LogP contribution >= 0.6 is 0 Å². The number of nitrogens with zero attached hydrogens (tertiary/aromatic N) is 4. The lowest BCUT2D eigenvalue weighted by Gasteiger charge is -2.16. The van der Waals surface area contributed by atoms with E-state index in [1.54, 1.807) is 0 Å². The van der Waals surface area contributed by atoms with E-state index in [-0.39, 0.29) is 5.95 Å². The third kappa shape index (κ3) is 3.19. The maximum absolute atomic E-state index is 10.3. The summed E-state index contributed by atoms with van der Waals surface area (Å²) in [6, 6.07) is 9.78. The standard InChI is InChI=1S/C17H20N6O4/c18-17-21-14(19-6-9-4-2-1-3-5-9)11-15(22-17)23(8-20-11)16-13(26)12(25)10(7-24)27-16/h1-5,8,10,12-13,16,24-26H,6-7H2,(H3,18,19,21,22)/t10-,12-,13-,16?/m1/s1. The molecule has 3 heterocycles. The first kappa shape index (κ1) is 17.6. The van der Waals surface area contributed by atoms with Gasteiger partial charge in [-0.25, -0.2) is 4.98 Å². The molecule has 10 nitrogen and oxygen atoms in total. The summed E-state index contributed by atoms with van der Waals surface area (Å²) in [5, 5.41) is 32.7. The molecule has 1 aliphatic rings. The van der Waals surface area contributed by atoms with Gasteiger partial charge in [-0.1, -0.05) is 30.3 Å². The molecule has 1 saturated heterocycles. The van der Waals surface area contributed by atoms with E-state index in [1.807, 2.05) is 30.3 Å². The van der Waals surface area contributed by atoms with Gasteiger partial charge in [0.2, 0.25) is 5.95 Å². The van der Waals surface area contributed by atoms with Gasteiger partial charge in [-0.3, -0.25) is 4.57 Å². The molecular weight excluding hydrogens is 352 g/mol. The van der Waals surface area contributed by atoms with Gasteiger partial charge in [0.25, 0.3) is 0 Å². The molecule has 1 fully saturated rings. The number of rotatable bonds is 5. The summed E-state index contributed by atoms with van der Waals surface area (Å²) in [6.07, 6.45) is -2.85. The zero-order chi connectivity index (χ0) is 19.0. The van der Waals surface area contributed by atoms with Crippen molar-refractivity contribution in [3.8, 4) is 0 Å². The van der Waals surface area contributed by atoms with Gasteiger partial charge in [-0.05, 0) is 5.56 Å². The number of fused-ring (bicyclic) bond motifs is 1. The van der Waals surface area contributed by atoms with E-state index in [0.29, 0.717) is 23.5 Å². The van der Waals surface area contributed by atoms with Crippen LogP contribution in [0.2, 0.25) is 0 Å². The van der Waals surface area contributed by atoms with Crippen LogP contribution in [0.15, 0.2) is 36.7 Å². The highest BCUT2D eigenvalue weighted by atomic mass is 16.6. The second-order valence-corrected chi connectivity index (χ2v) is 6.32. The van der Waals surface area contributed by atoms with Gasteiger partial charge in [-0.2, -0.15) is 9.97 Å². The predicted molar refractivity (Wildman–Crippen MR) is 96.5 cm³/mol. The number of aliphatic hydroxyl groups is 3. The highest BCUT2D eigenvalue weighted by molar-refractivity contribution is 5.84. The van der Waals surface area contributed by atoms with Crippen molar-refractivity contribution >= 4 is 22.9 Å². The summed E-state index contributed by atoms with van der Waals surface area (Å²) in [5.74, 6) is 0.485. The molecular formula is C17H20N6O4. The van der Waals surface area contributed by atoms with Crippen molar-refractivity contribution in [2.75, 3.05) is 17.7 Å². The van der Waals surface area contributed by atoms with Gasteiger partial charge < -0.3 is 31.1 Å². The smallest absolute Gasteiger partial charge is 0.224 e. The Hall–Kier alpha value is -2.79. The summed E-state index contributed by atoms with van der Waals surface area (Å²) >= 11 is 0. The van der Waals surface area contributed by atoms with E-state index >= 15 is 0 Å².